The van der Waals surface area contributed by atoms with Crippen LogP contribution in [-0.4, -0.2) is 18.8 Å². The fourth-order valence-electron chi connectivity index (χ4n) is 1.63. The quantitative estimate of drug-likeness (QED) is 0.716. The SMILES string of the molecule is CCCN=CC(C)=C(N)C1=C(C)ONC1C. The first kappa shape index (κ1) is 12.8. The first-order chi connectivity index (χ1) is 7.57. The predicted molar refractivity (Wildman–Crippen MR) is 66.9 cm³/mol. The van der Waals surface area contributed by atoms with Gasteiger partial charge in [-0.1, -0.05) is 6.92 Å². The van der Waals surface area contributed by atoms with Crippen molar-refractivity contribution in [1.82, 2.24) is 5.48 Å². The highest BCUT2D eigenvalue weighted by Crippen LogP contribution is 2.22. The lowest BCUT2D eigenvalue weighted by molar-refractivity contribution is 0.121. The van der Waals surface area contributed by atoms with Crippen molar-refractivity contribution in [3.8, 4) is 0 Å². The molecule has 4 nitrogen and oxygen atoms in total. The van der Waals surface area contributed by atoms with Crippen molar-refractivity contribution in [2.24, 2.45) is 10.7 Å². The van der Waals surface area contributed by atoms with Crippen molar-refractivity contribution in [3.63, 3.8) is 0 Å². The van der Waals surface area contributed by atoms with Gasteiger partial charge in [-0.05, 0) is 32.8 Å². The van der Waals surface area contributed by atoms with E-state index in [-0.39, 0.29) is 6.04 Å². The third kappa shape index (κ3) is 2.85. The fraction of sp³-hybridized carbons (Fsp3) is 0.583. The number of hydroxylamine groups is 1. The Balaban J connectivity index is 2.86. The number of aliphatic imine (C=N–C) groups is 1. The van der Waals surface area contributed by atoms with Crippen molar-refractivity contribution in [3.05, 3.63) is 22.6 Å². The molecule has 1 atom stereocenters. The summed E-state index contributed by atoms with van der Waals surface area (Å²) in [6, 6.07) is 0.134. The van der Waals surface area contributed by atoms with E-state index in [9.17, 15) is 0 Å². The molecule has 1 rings (SSSR count). The fourth-order valence-corrected chi connectivity index (χ4v) is 1.63. The minimum atomic E-state index is 0.134. The summed E-state index contributed by atoms with van der Waals surface area (Å²) in [4.78, 5) is 9.53. The molecule has 1 heterocycles. The van der Waals surface area contributed by atoms with E-state index < -0.39 is 0 Å². The maximum absolute atomic E-state index is 6.10. The maximum Gasteiger partial charge on any atom is 0.128 e. The lowest BCUT2D eigenvalue weighted by Gasteiger charge is -2.09. The highest BCUT2D eigenvalue weighted by molar-refractivity contribution is 5.80. The molecule has 1 aliphatic rings. The summed E-state index contributed by atoms with van der Waals surface area (Å²) in [6.07, 6.45) is 2.89. The molecule has 0 aromatic heterocycles. The largest absolute Gasteiger partial charge is 0.412 e. The minimum absolute atomic E-state index is 0.134. The molecule has 0 aromatic rings. The van der Waals surface area contributed by atoms with Crippen LogP contribution < -0.4 is 11.2 Å². The predicted octanol–water partition coefficient (Wildman–Crippen LogP) is 1.90. The summed E-state index contributed by atoms with van der Waals surface area (Å²) in [5.74, 6) is 0.841. The van der Waals surface area contributed by atoms with Gasteiger partial charge in [-0.3, -0.25) is 4.99 Å². The topological polar surface area (TPSA) is 59.6 Å². The van der Waals surface area contributed by atoms with Gasteiger partial charge < -0.3 is 10.6 Å². The molecule has 0 amide bonds. The van der Waals surface area contributed by atoms with Crippen LogP contribution in [0.4, 0.5) is 0 Å². The van der Waals surface area contributed by atoms with E-state index in [1.165, 1.54) is 0 Å². The van der Waals surface area contributed by atoms with E-state index >= 15 is 0 Å². The summed E-state index contributed by atoms with van der Waals surface area (Å²) in [6.45, 7) is 8.85. The van der Waals surface area contributed by atoms with Crippen molar-refractivity contribution in [2.45, 2.75) is 40.2 Å². The van der Waals surface area contributed by atoms with Crippen molar-refractivity contribution < 1.29 is 4.84 Å². The van der Waals surface area contributed by atoms with E-state index in [0.717, 1.165) is 35.6 Å². The Morgan fingerprint density at radius 3 is 2.81 bits per heavy atom. The Kier molecular flexibility index (Phi) is 4.55. The molecule has 0 aliphatic carbocycles. The average Bonchev–Trinajstić information content (AvgIpc) is 2.58. The zero-order valence-corrected chi connectivity index (χ0v) is 10.5. The third-order valence-corrected chi connectivity index (χ3v) is 2.55. The van der Waals surface area contributed by atoms with Crippen LogP contribution >= 0.6 is 0 Å². The Hall–Kier alpha value is -1.29. The number of rotatable bonds is 4. The van der Waals surface area contributed by atoms with Crippen LogP contribution in [0.3, 0.4) is 0 Å². The summed E-state index contributed by atoms with van der Waals surface area (Å²) in [5, 5.41) is 0. The van der Waals surface area contributed by atoms with E-state index in [0.29, 0.717) is 0 Å². The van der Waals surface area contributed by atoms with Crippen LogP contribution in [0, 0.1) is 0 Å². The first-order valence-corrected chi connectivity index (χ1v) is 5.67. The van der Waals surface area contributed by atoms with Gasteiger partial charge in [0.25, 0.3) is 0 Å². The van der Waals surface area contributed by atoms with Crippen LogP contribution in [-0.2, 0) is 4.84 Å². The molecule has 3 N–H and O–H groups in total. The second-order valence-corrected chi connectivity index (χ2v) is 4.04. The number of hydrogen-bond acceptors (Lipinski definition) is 4. The van der Waals surface area contributed by atoms with Crippen LogP contribution in [0.25, 0.3) is 0 Å². The Bertz CT molecular complexity index is 342. The van der Waals surface area contributed by atoms with E-state index in [1.807, 2.05) is 27.0 Å². The number of nitrogens with one attached hydrogen (secondary N) is 1. The van der Waals surface area contributed by atoms with Gasteiger partial charge in [-0.2, -0.15) is 0 Å². The Labute approximate surface area is 97.2 Å². The van der Waals surface area contributed by atoms with Crippen molar-refractivity contribution in [1.29, 1.82) is 0 Å². The number of nitrogens with zero attached hydrogens (tertiary/aromatic N) is 1. The molecule has 0 fully saturated rings. The lowest BCUT2D eigenvalue weighted by atomic mass is 10.0. The molecular formula is C12H21N3O. The highest BCUT2D eigenvalue weighted by Gasteiger charge is 2.23. The van der Waals surface area contributed by atoms with Crippen molar-refractivity contribution in [2.75, 3.05) is 6.54 Å². The van der Waals surface area contributed by atoms with Crippen molar-refractivity contribution >= 4 is 6.21 Å². The normalized spacial score (nSPS) is 22.6. The molecule has 0 spiro atoms. The molecule has 0 saturated heterocycles. The average molecular weight is 223 g/mol. The van der Waals surface area contributed by atoms with Gasteiger partial charge in [0.1, 0.15) is 5.76 Å². The van der Waals surface area contributed by atoms with Crippen LogP contribution in [0.2, 0.25) is 0 Å². The van der Waals surface area contributed by atoms with Gasteiger partial charge in [-0.15, -0.1) is 5.48 Å². The van der Waals surface area contributed by atoms with E-state index in [2.05, 4.69) is 17.4 Å². The Morgan fingerprint density at radius 2 is 2.31 bits per heavy atom. The molecule has 0 bridgehead atoms. The van der Waals surface area contributed by atoms with Crippen LogP contribution in [0.15, 0.2) is 27.6 Å². The summed E-state index contributed by atoms with van der Waals surface area (Å²) in [5.41, 5.74) is 11.8. The van der Waals surface area contributed by atoms with Gasteiger partial charge in [0, 0.05) is 24.0 Å². The van der Waals surface area contributed by atoms with Gasteiger partial charge in [0.2, 0.25) is 0 Å². The number of nitrogens with two attached hydrogens (primary N) is 1. The monoisotopic (exact) mass is 223 g/mol. The zero-order chi connectivity index (χ0) is 12.1. The standard InChI is InChI=1S/C12H21N3O/c1-5-6-14-7-8(2)12(13)11-9(3)15-16-10(11)4/h7,9,15H,5-6,13H2,1-4H3. The third-order valence-electron chi connectivity index (χ3n) is 2.55. The summed E-state index contributed by atoms with van der Waals surface area (Å²) in [7, 11) is 0. The molecule has 0 aromatic carbocycles. The lowest BCUT2D eigenvalue weighted by Crippen LogP contribution is -2.23. The van der Waals surface area contributed by atoms with E-state index in [4.69, 9.17) is 10.6 Å². The number of hydrogen-bond donors (Lipinski definition) is 2. The molecule has 0 saturated carbocycles. The van der Waals surface area contributed by atoms with Gasteiger partial charge >= 0.3 is 0 Å². The zero-order valence-electron chi connectivity index (χ0n) is 10.5. The smallest absolute Gasteiger partial charge is 0.128 e. The highest BCUT2D eigenvalue weighted by atomic mass is 16.7. The molecule has 16 heavy (non-hydrogen) atoms. The number of allylic oxidation sites excluding steroid dienone is 2. The molecule has 4 heteroatoms. The summed E-state index contributed by atoms with van der Waals surface area (Å²) < 4.78 is 0. The maximum atomic E-state index is 6.10. The summed E-state index contributed by atoms with van der Waals surface area (Å²) >= 11 is 0. The van der Waals surface area contributed by atoms with Gasteiger partial charge in [0.15, 0.2) is 0 Å². The van der Waals surface area contributed by atoms with Crippen LogP contribution in [0.5, 0.6) is 0 Å². The molecule has 1 aliphatic heterocycles. The second kappa shape index (κ2) is 5.70. The molecule has 0 radical (unpaired) electrons. The molecular weight excluding hydrogens is 202 g/mol. The molecule has 1 unspecified atom stereocenters. The molecule has 90 valence electrons. The van der Waals surface area contributed by atoms with E-state index in [1.54, 1.807) is 0 Å². The second-order valence-electron chi connectivity index (χ2n) is 4.04. The minimum Gasteiger partial charge on any atom is -0.412 e. The van der Waals surface area contributed by atoms with Gasteiger partial charge in [-0.25, -0.2) is 0 Å². The Morgan fingerprint density at radius 1 is 1.62 bits per heavy atom. The van der Waals surface area contributed by atoms with Gasteiger partial charge in [0.05, 0.1) is 6.04 Å². The van der Waals surface area contributed by atoms with Crippen LogP contribution in [0.1, 0.15) is 34.1 Å². The first-order valence-electron chi connectivity index (χ1n) is 5.67.